The largest absolute Gasteiger partial charge is 0.326 e. The molecule has 1 atom stereocenters. The number of carbonyl (C=O) groups is 1. The number of benzodiazepines with no additional fused rings is 1. The third kappa shape index (κ3) is 3.64. The van der Waals surface area contributed by atoms with Gasteiger partial charge in [-0.1, -0.05) is 35.9 Å². The first kappa shape index (κ1) is 21.2. The summed E-state index contributed by atoms with van der Waals surface area (Å²) in [5, 5.41) is 0.504. The summed E-state index contributed by atoms with van der Waals surface area (Å²) in [5.74, 6) is -0.621. The van der Waals surface area contributed by atoms with Gasteiger partial charge in [-0.15, -0.1) is 0 Å². The number of likely N-dealkylation sites (N-methyl/N-ethyl adjacent to an activating group) is 1. The molecule has 0 spiro atoms. The van der Waals surface area contributed by atoms with E-state index in [0.717, 1.165) is 11.1 Å². The van der Waals surface area contributed by atoms with Crippen LogP contribution in [0.4, 0.5) is 10.1 Å². The highest BCUT2D eigenvalue weighted by Crippen LogP contribution is 2.31. The summed E-state index contributed by atoms with van der Waals surface area (Å²) in [6.07, 6.45) is 0.117. The number of anilines is 1. The molecular weight excluding hydrogens is 443 g/mol. The molecular formula is C25H20ClFN4O2. The predicted molar refractivity (Wildman–Crippen MR) is 128 cm³/mol. The van der Waals surface area contributed by atoms with Gasteiger partial charge in [-0.2, -0.15) is 0 Å². The van der Waals surface area contributed by atoms with Crippen molar-refractivity contribution in [3.05, 3.63) is 98.7 Å². The Morgan fingerprint density at radius 2 is 1.85 bits per heavy atom. The number of rotatable bonds is 3. The lowest BCUT2D eigenvalue weighted by Crippen LogP contribution is -2.36. The van der Waals surface area contributed by atoms with E-state index in [4.69, 9.17) is 16.6 Å². The summed E-state index contributed by atoms with van der Waals surface area (Å²) in [6, 6.07) is 16.3. The summed E-state index contributed by atoms with van der Waals surface area (Å²) >= 11 is 6.31. The maximum Gasteiger partial charge on any atom is 0.326 e. The molecule has 0 saturated carbocycles. The van der Waals surface area contributed by atoms with E-state index in [9.17, 15) is 14.0 Å². The lowest BCUT2D eigenvalue weighted by Gasteiger charge is -2.20. The number of amides is 1. The SMILES string of the molecule is CN1C(=O)C(Cc2ccccc2F)N=C(c2ccc3c(c2)[nH]c(=O)n3C)c2cc(Cl)ccc21. The van der Waals surface area contributed by atoms with E-state index in [1.165, 1.54) is 15.5 Å². The van der Waals surface area contributed by atoms with Crippen LogP contribution >= 0.6 is 11.6 Å². The van der Waals surface area contributed by atoms with Crippen molar-refractivity contribution in [1.82, 2.24) is 9.55 Å². The van der Waals surface area contributed by atoms with E-state index in [-0.39, 0.29) is 23.8 Å². The molecule has 3 aromatic carbocycles. The van der Waals surface area contributed by atoms with Crippen LogP contribution in [-0.2, 0) is 18.3 Å². The lowest BCUT2D eigenvalue weighted by molar-refractivity contribution is -0.119. The van der Waals surface area contributed by atoms with Gasteiger partial charge in [0.25, 0.3) is 5.91 Å². The van der Waals surface area contributed by atoms with Crippen LogP contribution in [0.5, 0.6) is 0 Å². The average Bonchev–Trinajstić information content (AvgIpc) is 3.04. The zero-order valence-electron chi connectivity index (χ0n) is 18.0. The number of nitrogens with zero attached hydrogens (tertiary/aromatic N) is 3. The molecule has 0 radical (unpaired) electrons. The van der Waals surface area contributed by atoms with Crippen molar-refractivity contribution in [1.29, 1.82) is 0 Å². The summed E-state index contributed by atoms with van der Waals surface area (Å²) in [6.45, 7) is 0. The third-order valence-electron chi connectivity index (χ3n) is 6.02. The van der Waals surface area contributed by atoms with Gasteiger partial charge in [0.2, 0.25) is 0 Å². The molecule has 1 unspecified atom stereocenters. The number of imidazole rings is 1. The Kier molecular flexibility index (Phi) is 5.13. The van der Waals surface area contributed by atoms with E-state index < -0.39 is 6.04 Å². The minimum atomic E-state index is -0.835. The second kappa shape index (κ2) is 8.01. The molecule has 0 fully saturated rings. The van der Waals surface area contributed by atoms with Crippen molar-refractivity contribution in [3.63, 3.8) is 0 Å². The van der Waals surface area contributed by atoms with Crippen molar-refractivity contribution in [2.45, 2.75) is 12.5 Å². The van der Waals surface area contributed by atoms with Crippen LogP contribution < -0.4 is 10.6 Å². The molecule has 0 bridgehead atoms. The maximum atomic E-state index is 14.4. The van der Waals surface area contributed by atoms with Crippen LogP contribution in [0.1, 0.15) is 16.7 Å². The quantitative estimate of drug-likeness (QED) is 0.498. The van der Waals surface area contributed by atoms with Crippen molar-refractivity contribution in [3.8, 4) is 0 Å². The normalized spacial score (nSPS) is 16.0. The molecule has 1 aromatic heterocycles. The Labute approximate surface area is 193 Å². The summed E-state index contributed by atoms with van der Waals surface area (Å²) in [5.41, 5.74) is 4.21. The van der Waals surface area contributed by atoms with E-state index in [0.29, 0.717) is 33.1 Å². The Bertz CT molecular complexity index is 1500. The third-order valence-corrected chi connectivity index (χ3v) is 6.26. The fourth-order valence-electron chi connectivity index (χ4n) is 4.23. The number of hydrogen-bond acceptors (Lipinski definition) is 3. The number of fused-ring (bicyclic) bond motifs is 2. The lowest BCUT2D eigenvalue weighted by atomic mass is 9.99. The number of aromatic nitrogens is 2. The number of aliphatic imine (C=N–C) groups is 1. The molecule has 1 aliphatic heterocycles. The van der Waals surface area contributed by atoms with Gasteiger partial charge in [-0.05, 0) is 42.0 Å². The number of H-pyrrole nitrogens is 1. The average molecular weight is 463 g/mol. The topological polar surface area (TPSA) is 70.5 Å². The fourth-order valence-corrected chi connectivity index (χ4v) is 4.41. The first-order valence-corrected chi connectivity index (χ1v) is 10.8. The fraction of sp³-hybridized carbons (Fsp3) is 0.160. The number of carbonyl (C=O) groups excluding carboxylic acids is 1. The monoisotopic (exact) mass is 462 g/mol. The second-order valence-corrected chi connectivity index (χ2v) is 8.51. The number of benzene rings is 3. The van der Waals surface area contributed by atoms with E-state index in [1.54, 1.807) is 50.5 Å². The van der Waals surface area contributed by atoms with E-state index in [1.807, 2.05) is 18.2 Å². The molecule has 1 aliphatic rings. The van der Waals surface area contributed by atoms with Crippen LogP contribution in [0.25, 0.3) is 11.0 Å². The van der Waals surface area contributed by atoms with Gasteiger partial charge in [0.05, 0.1) is 22.4 Å². The smallest absolute Gasteiger partial charge is 0.313 e. The summed E-state index contributed by atoms with van der Waals surface area (Å²) < 4.78 is 15.9. The van der Waals surface area contributed by atoms with Gasteiger partial charge in [0.1, 0.15) is 11.9 Å². The van der Waals surface area contributed by atoms with Gasteiger partial charge in [0.15, 0.2) is 0 Å². The van der Waals surface area contributed by atoms with Crippen LogP contribution in [0.2, 0.25) is 5.02 Å². The Hall–Kier alpha value is -3.71. The van der Waals surface area contributed by atoms with Gasteiger partial charge in [0, 0.05) is 36.7 Å². The summed E-state index contributed by atoms with van der Waals surface area (Å²) in [7, 11) is 3.37. The molecule has 2 heterocycles. The number of aryl methyl sites for hydroxylation is 1. The highest BCUT2D eigenvalue weighted by Gasteiger charge is 2.31. The zero-order valence-corrected chi connectivity index (χ0v) is 18.7. The zero-order chi connectivity index (χ0) is 23.3. The number of nitrogens with one attached hydrogen (secondary N) is 1. The van der Waals surface area contributed by atoms with E-state index in [2.05, 4.69) is 4.98 Å². The van der Waals surface area contributed by atoms with Crippen molar-refractivity contribution < 1.29 is 9.18 Å². The van der Waals surface area contributed by atoms with Gasteiger partial charge in [-0.3, -0.25) is 14.4 Å². The van der Waals surface area contributed by atoms with Crippen LogP contribution in [0.3, 0.4) is 0 Å². The molecule has 5 rings (SSSR count). The summed E-state index contributed by atoms with van der Waals surface area (Å²) in [4.78, 5) is 34.6. The molecule has 4 aromatic rings. The maximum absolute atomic E-state index is 14.4. The highest BCUT2D eigenvalue weighted by atomic mass is 35.5. The van der Waals surface area contributed by atoms with E-state index >= 15 is 0 Å². The minimum absolute atomic E-state index is 0.117. The molecule has 166 valence electrons. The van der Waals surface area contributed by atoms with Crippen molar-refractivity contribution >= 4 is 39.9 Å². The van der Waals surface area contributed by atoms with Gasteiger partial charge < -0.3 is 9.88 Å². The van der Waals surface area contributed by atoms with Gasteiger partial charge in [-0.25, -0.2) is 9.18 Å². The minimum Gasteiger partial charge on any atom is -0.313 e. The van der Waals surface area contributed by atoms with Crippen LogP contribution in [0, 0.1) is 5.82 Å². The highest BCUT2D eigenvalue weighted by molar-refractivity contribution is 6.32. The molecule has 1 amide bonds. The standard InChI is InChI=1S/C25H20ClFN4O2/c1-30-21-10-8-16(26)13-17(21)23(15-7-9-22-19(12-15)29-25(33)31(22)2)28-20(24(30)32)11-14-5-3-4-6-18(14)27/h3-10,12-13,20H,11H2,1-2H3,(H,29,33). The van der Waals surface area contributed by atoms with Gasteiger partial charge >= 0.3 is 5.69 Å². The van der Waals surface area contributed by atoms with Crippen LogP contribution in [-0.4, -0.2) is 34.3 Å². The molecule has 33 heavy (non-hydrogen) atoms. The molecule has 1 N–H and O–H groups in total. The first-order chi connectivity index (χ1) is 15.8. The number of aromatic amines is 1. The Morgan fingerprint density at radius 1 is 1.06 bits per heavy atom. The molecule has 0 aliphatic carbocycles. The molecule has 0 saturated heterocycles. The number of hydrogen-bond donors (Lipinski definition) is 1. The predicted octanol–water partition coefficient (Wildman–Crippen LogP) is 4.08. The van der Waals surface area contributed by atoms with Crippen molar-refractivity contribution in [2.75, 3.05) is 11.9 Å². The second-order valence-electron chi connectivity index (χ2n) is 8.07. The molecule has 8 heteroatoms. The first-order valence-electron chi connectivity index (χ1n) is 10.4. The molecule has 6 nitrogen and oxygen atoms in total. The van der Waals surface area contributed by atoms with Crippen LogP contribution in [0.15, 0.2) is 70.5 Å². The van der Waals surface area contributed by atoms with Crippen molar-refractivity contribution in [2.24, 2.45) is 12.0 Å². The Morgan fingerprint density at radius 3 is 2.64 bits per heavy atom. The Balaban J connectivity index is 1.71. The number of halogens is 2.